The van der Waals surface area contributed by atoms with Crippen LogP contribution in [0.3, 0.4) is 0 Å². The molecule has 7 heteroatoms. The molecule has 3 aromatic rings. The van der Waals surface area contributed by atoms with Gasteiger partial charge in [0.05, 0.1) is 37.1 Å². The lowest BCUT2D eigenvalue weighted by atomic mass is 10.1. The average Bonchev–Trinajstić information content (AvgIpc) is 3.19. The number of aliphatic imine (C=N–C) groups is 1. The third-order valence-electron chi connectivity index (χ3n) is 5.02. The molecule has 0 atom stereocenters. The molecule has 0 saturated carbocycles. The summed E-state index contributed by atoms with van der Waals surface area (Å²) in [5.41, 5.74) is 4.34. The van der Waals surface area contributed by atoms with E-state index in [0.717, 1.165) is 54.7 Å². The van der Waals surface area contributed by atoms with Gasteiger partial charge in [-0.05, 0) is 25.5 Å². The van der Waals surface area contributed by atoms with Gasteiger partial charge in [0.15, 0.2) is 0 Å². The topological polar surface area (TPSA) is 59.8 Å². The monoisotopic (exact) mass is 436 g/mol. The second-order valence-electron chi connectivity index (χ2n) is 7.58. The van der Waals surface area contributed by atoms with Gasteiger partial charge in [-0.15, -0.1) is 11.3 Å². The molecule has 1 fully saturated rings. The third-order valence-corrected chi connectivity index (χ3v) is 5.99. The maximum absolute atomic E-state index is 6.03. The molecule has 0 aliphatic carbocycles. The lowest BCUT2D eigenvalue weighted by Gasteiger charge is -2.29. The first kappa shape index (κ1) is 21.5. The first-order valence-corrected chi connectivity index (χ1v) is 11.4. The molecule has 0 bridgehead atoms. The Kier molecular flexibility index (Phi) is 7.27. The van der Waals surface area contributed by atoms with Crippen LogP contribution in [0, 0.1) is 13.8 Å². The smallest absolute Gasteiger partial charge is 0.215 e. The molecule has 0 radical (unpaired) electrons. The first-order chi connectivity index (χ1) is 15.2. The van der Waals surface area contributed by atoms with Gasteiger partial charge in [0, 0.05) is 48.6 Å². The van der Waals surface area contributed by atoms with Gasteiger partial charge >= 0.3 is 0 Å². The van der Waals surface area contributed by atoms with Crippen molar-refractivity contribution in [3.8, 4) is 5.88 Å². The number of anilines is 1. The summed E-state index contributed by atoms with van der Waals surface area (Å²) in [6.45, 7) is 8.41. The van der Waals surface area contributed by atoms with Crippen molar-refractivity contribution < 1.29 is 9.47 Å². The number of hydrogen-bond acceptors (Lipinski definition) is 7. The number of pyridine rings is 1. The van der Waals surface area contributed by atoms with Crippen LogP contribution in [0.4, 0.5) is 5.69 Å². The van der Waals surface area contributed by atoms with E-state index in [-0.39, 0.29) is 0 Å². The molecule has 6 nitrogen and oxygen atoms in total. The summed E-state index contributed by atoms with van der Waals surface area (Å²) in [6.07, 6.45) is 4.66. The predicted molar refractivity (Wildman–Crippen MR) is 126 cm³/mol. The van der Waals surface area contributed by atoms with Crippen LogP contribution in [0.15, 0.2) is 47.6 Å². The van der Waals surface area contributed by atoms with E-state index in [1.54, 1.807) is 11.3 Å². The summed E-state index contributed by atoms with van der Waals surface area (Å²) in [5.74, 6) is 0.644. The van der Waals surface area contributed by atoms with Crippen LogP contribution in [0.2, 0.25) is 0 Å². The van der Waals surface area contributed by atoms with Gasteiger partial charge in [0.1, 0.15) is 0 Å². The molecule has 2 aromatic heterocycles. The molecule has 3 heterocycles. The molecular formula is C24H28N4O2S. The fraction of sp³-hybridized carbons (Fsp3) is 0.375. The SMILES string of the molecule is Cc1cccc(C=NCc2cc(N3CCOCC3)cc(OCCc3cnc(C)s3)n2)c1. The summed E-state index contributed by atoms with van der Waals surface area (Å²) >= 11 is 1.71. The highest BCUT2D eigenvalue weighted by Crippen LogP contribution is 2.23. The maximum Gasteiger partial charge on any atom is 0.215 e. The number of ether oxygens (including phenoxy) is 2. The van der Waals surface area contributed by atoms with Crippen LogP contribution in [0.25, 0.3) is 0 Å². The Morgan fingerprint density at radius 1 is 1.19 bits per heavy atom. The van der Waals surface area contributed by atoms with Crippen LogP contribution in [0.5, 0.6) is 5.88 Å². The van der Waals surface area contributed by atoms with E-state index in [9.17, 15) is 0 Å². The molecule has 1 saturated heterocycles. The Morgan fingerprint density at radius 3 is 2.84 bits per heavy atom. The average molecular weight is 437 g/mol. The summed E-state index contributed by atoms with van der Waals surface area (Å²) in [4.78, 5) is 17.2. The van der Waals surface area contributed by atoms with Gasteiger partial charge < -0.3 is 14.4 Å². The van der Waals surface area contributed by atoms with Gasteiger partial charge in [-0.1, -0.05) is 29.8 Å². The molecule has 31 heavy (non-hydrogen) atoms. The third kappa shape index (κ3) is 6.35. The zero-order chi connectivity index (χ0) is 21.5. The lowest BCUT2D eigenvalue weighted by Crippen LogP contribution is -2.36. The van der Waals surface area contributed by atoms with Crippen LogP contribution in [-0.2, 0) is 17.7 Å². The first-order valence-electron chi connectivity index (χ1n) is 10.6. The highest BCUT2D eigenvalue weighted by molar-refractivity contribution is 7.11. The second-order valence-corrected chi connectivity index (χ2v) is 8.90. The largest absolute Gasteiger partial charge is 0.477 e. The second kappa shape index (κ2) is 10.5. The number of benzene rings is 1. The quantitative estimate of drug-likeness (QED) is 0.495. The van der Waals surface area contributed by atoms with Crippen molar-refractivity contribution >= 4 is 23.2 Å². The van der Waals surface area contributed by atoms with E-state index in [1.807, 2.05) is 31.5 Å². The Bertz CT molecular complexity index is 1030. The fourth-order valence-corrected chi connectivity index (χ4v) is 4.25. The van der Waals surface area contributed by atoms with Crippen LogP contribution >= 0.6 is 11.3 Å². The number of aromatic nitrogens is 2. The van der Waals surface area contributed by atoms with Crippen molar-refractivity contribution in [2.45, 2.75) is 26.8 Å². The summed E-state index contributed by atoms with van der Waals surface area (Å²) in [6, 6.07) is 12.4. The maximum atomic E-state index is 6.03. The molecule has 1 aromatic carbocycles. The summed E-state index contributed by atoms with van der Waals surface area (Å²) < 4.78 is 11.5. The van der Waals surface area contributed by atoms with E-state index in [1.165, 1.54) is 10.4 Å². The van der Waals surface area contributed by atoms with E-state index in [2.05, 4.69) is 46.1 Å². The van der Waals surface area contributed by atoms with Crippen molar-refractivity contribution in [1.29, 1.82) is 0 Å². The van der Waals surface area contributed by atoms with E-state index in [0.29, 0.717) is 19.0 Å². The van der Waals surface area contributed by atoms with Crippen LogP contribution in [0.1, 0.15) is 26.7 Å². The molecular weight excluding hydrogens is 408 g/mol. The van der Waals surface area contributed by atoms with E-state index < -0.39 is 0 Å². The minimum atomic E-state index is 0.510. The molecule has 1 aliphatic rings. The van der Waals surface area contributed by atoms with Crippen molar-refractivity contribution in [3.05, 3.63) is 69.3 Å². The van der Waals surface area contributed by atoms with Crippen LogP contribution in [-0.4, -0.2) is 49.1 Å². The molecule has 162 valence electrons. The van der Waals surface area contributed by atoms with Gasteiger partial charge in [0.25, 0.3) is 0 Å². The van der Waals surface area contributed by atoms with E-state index >= 15 is 0 Å². The lowest BCUT2D eigenvalue weighted by molar-refractivity contribution is 0.122. The number of morpholine rings is 1. The van der Waals surface area contributed by atoms with Gasteiger partial charge in [-0.2, -0.15) is 0 Å². The molecule has 0 N–H and O–H groups in total. The Labute approximate surface area is 187 Å². The molecule has 4 rings (SSSR count). The molecule has 0 unspecified atom stereocenters. The van der Waals surface area contributed by atoms with Crippen LogP contribution < -0.4 is 9.64 Å². The normalized spacial score (nSPS) is 14.3. The van der Waals surface area contributed by atoms with Crippen molar-refractivity contribution in [3.63, 3.8) is 0 Å². The standard InChI is InChI=1S/C24H28N4O2S/c1-18-4-3-5-20(12-18)15-25-16-21-13-22(28-7-10-29-11-8-28)14-24(27-21)30-9-6-23-17-26-19(2)31-23/h3-5,12-15,17H,6-11,16H2,1-2H3. The Morgan fingerprint density at radius 2 is 2.06 bits per heavy atom. The number of nitrogens with zero attached hydrogens (tertiary/aromatic N) is 4. The number of rotatable bonds is 8. The highest BCUT2D eigenvalue weighted by atomic mass is 32.1. The zero-order valence-corrected chi connectivity index (χ0v) is 18.9. The van der Waals surface area contributed by atoms with E-state index in [4.69, 9.17) is 14.5 Å². The summed E-state index contributed by atoms with van der Waals surface area (Å²) in [5, 5.41) is 1.08. The number of hydrogen-bond donors (Lipinski definition) is 0. The van der Waals surface area contributed by atoms with Crippen molar-refractivity contribution in [2.75, 3.05) is 37.8 Å². The Balaban J connectivity index is 1.46. The Hall–Kier alpha value is -2.77. The van der Waals surface area contributed by atoms with Gasteiger partial charge in [-0.3, -0.25) is 4.99 Å². The minimum absolute atomic E-state index is 0.510. The zero-order valence-electron chi connectivity index (χ0n) is 18.1. The van der Waals surface area contributed by atoms with Gasteiger partial charge in [0.2, 0.25) is 5.88 Å². The van der Waals surface area contributed by atoms with Crippen molar-refractivity contribution in [1.82, 2.24) is 9.97 Å². The predicted octanol–water partition coefficient (Wildman–Crippen LogP) is 4.23. The molecule has 0 amide bonds. The minimum Gasteiger partial charge on any atom is -0.477 e. The fourth-order valence-electron chi connectivity index (χ4n) is 3.48. The molecule has 0 spiro atoms. The van der Waals surface area contributed by atoms with Crippen molar-refractivity contribution in [2.24, 2.45) is 4.99 Å². The number of thiazole rings is 1. The summed E-state index contributed by atoms with van der Waals surface area (Å²) in [7, 11) is 0. The van der Waals surface area contributed by atoms with Gasteiger partial charge in [-0.25, -0.2) is 9.97 Å². The number of aryl methyl sites for hydroxylation is 2. The molecule has 1 aliphatic heterocycles. The highest BCUT2D eigenvalue weighted by Gasteiger charge is 2.14.